The zero-order valence-corrected chi connectivity index (χ0v) is 11.4. The van der Waals surface area contributed by atoms with E-state index in [9.17, 15) is 4.79 Å². The molecule has 0 unspecified atom stereocenters. The van der Waals surface area contributed by atoms with Crippen molar-refractivity contribution in [2.75, 3.05) is 12.9 Å². The maximum absolute atomic E-state index is 11.3. The summed E-state index contributed by atoms with van der Waals surface area (Å²) in [5.41, 5.74) is 0.693. The molecule has 0 atom stereocenters. The van der Waals surface area contributed by atoms with Gasteiger partial charge in [-0.2, -0.15) is 0 Å². The fourth-order valence-corrected chi connectivity index (χ4v) is 2.09. The highest BCUT2D eigenvalue weighted by Crippen LogP contribution is 2.16. The molecular formula is C11H17N3O2S. The van der Waals surface area contributed by atoms with E-state index >= 15 is 0 Å². The van der Waals surface area contributed by atoms with Gasteiger partial charge in [-0.15, -0.1) is 10.2 Å². The summed E-state index contributed by atoms with van der Waals surface area (Å²) >= 11 is 1.54. The van der Waals surface area contributed by atoms with Crippen LogP contribution in [0.4, 0.5) is 0 Å². The molecule has 0 bridgehead atoms. The summed E-state index contributed by atoms with van der Waals surface area (Å²) in [6.07, 6.45) is 2.55. The summed E-state index contributed by atoms with van der Waals surface area (Å²) in [5.74, 6) is 1.30. The van der Waals surface area contributed by atoms with Gasteiger partial charge < -0.3 is 9.30 Å². The van der Waals surface area contributed by atoms with Crippen LogP contribution in [-0.2, 0) is 16.6 Å². The second-order valence-corrected chi connectivity index (χ2v) is 4.46. The molecule has 17 heavy (non-hydrogen) atoms. The number of aromatic nitrogens is 3. The second kappa shape index (κ2) is 6.44. The molecule has 0 saturated heterocycles. The minimum absolute atomic E-state index is 0.262. The Morgan fingerprint density at radius 2 is 2.24 bits per heavy atom. The third kappa shape index (κ3) is 3.59. The van der Waals surface area contributed by atoms with Gasteiger partial charge in [0.1, 0.15) is 5.82 Å². The van der Waals surface area contributed by atoms with E-state index in [0.717, 1.165) is 11.0 Å². The SMILES string of the molecule is CCC(=CCSc1nnc(C)n1C)C(=O)OC. The third-order valence-corrected chi connectivity index (χ3v) is 3.37. The zero-order valence-electron chi connectivity index (χ0n) is 10.6. The van der Waals surface area contributed by atoms with Gasteiger partial charge in [0.15, 0.2) is 5.16 Å². The Morgan fingerprint density at radius 1 is 1.53 bits per heavy atom. The summed E-state index contributed by atoms with van der Waals surface area (Å²) in [5, 5.41) is 8.85. The van der Waals surface area contributed by atoms with Crippen LogP contribution in [0.1, 0.15) is 19.2 Å². The Balaban J connectivity index is 2.59. The van der Waals surface area contributed by atoms with Gasteiger partial charge in [-0.3, -0.25) is 0 Å². The van der Waals surface area contributed by atoms with Gasteiger partial charge in [0.25, 0.3) is 0 Å². The molecule has 5 nitrogen and oxygen atoms in total. The summed E-state index contributed by atoms with van der Waals surface area (Å²) < 4.78 is 6.60. The number of nitrogens with zero attached hydrogens (tertiary/aromatic N) is 3. The molecule has 94 valence electrons. The van der Waals surface area contributed by atoms with Gasteiger partial charge in [0.2, 0.25) is 0 Å². The summed E-state index contributed by atoms with van der Waals surface area (Å²) in [4.78, 5) is 11.3. The lowest BCUT2D eigenvalue weighted by atomic mass is 10.2. The summed E-state index contributed by atoms with van der Waals surface area (Å²) in [7, 11) is 3.31. The normalized spacial score (nSPS) is 11.6. The van der Waals surface area contributed by atoms with Gasteiger partial charge >= 0.3 is 5.97 Å². The van der Waals surface area contributed by atoms with Crippen LogP contribution >= 0.6 is 11.8 Å². The average Bonchev–Trinajstić information content (AvgIpc) is 2.65. The third-order valence-electron chi connectivity index (χ3n) is 2.42. The molecule has 0 aliphatic rings. The Kier molecular flexibility index (Phi) is 5.21. The molecule has 6 heteroatoms. The molecular weight excluding hydrogens is 238 g/mol. The quantitative estimate of drug-likeness (QED) is 0.455. The molecule has 1 heterocycles. The van der Waals surface area contributed by atoms with Crippen molar-refractivity contribution in [3.05, 3.63) is 17.5 Å². The van der Waals surface area contributed by atoms with Crippen LogP contribution in [0.5, 0.6) is 0 Å². The van der Waals surface area contributed by atoms with Crippen molar-refractivity contribution in [3.63, 3.8) is 0 Å². The topological polar surface area (TPSA) is 57.0 Å². The number of thioether (sulfide) groups is 1. The monoisotopic (exact) mass is 255 g/mol. The lowest BCUT2D eigenvalue weighted by Crippen LogP contribution is -2.04. The number of carbonyl (C=O) groups is 1. The molecule has 0 N–H and O–H groups in total. The van der Waals surface area contributed by atoms with E-state index < -0.39 is 0 Å². The van der Waals surface area contributed by atoms with Crippen molar-refractivity contribution in [3.8, 4) is 0 Å². The van der Waals surface area contributed by atoms with E-state index in [4.69, 9.17) is 0 Å². The number of hydrogen-bond donors (Lipinski definition) is 0. The number of methoxy groups -OCH3 is 1. The van der Waals surface area contributed by atoms with Gasteiger partial charge in [-0.05, 0) is 13.3 Å². The van der Waals surface area contributed by atoms with E-state index in [2.05, 4.69) is 14.9 Å². The molecule has 0 aromatic carbocycles. The van der Waals surface area contributed by atoms with Crippen molar-refractivity contribution in [1.82, 2.24) is 14.8 Å². The highest BCUT2D eigenvalue weighted by Gasteiger charge is 2.08. The Morgan fingerprint density at radius 3 is 2.71 bits per heavy atom. The first kappa shape index (κ1) is 13.8. The van der Waals surface area contributed by atoms with E-state index in [1.807, 2.05) is 31.5 Å². The van der Waals surface area contributed by atoms with E-state index in [1.165, 1.54) is 7.11 Å². The molecule has 1 rings (SSSR count). The lowest BCUT2D eigenvalue weighted by Gasteiger charge is -2.02. The lowest BCUT2D eigenvalue weighted by molar-refractivity contribution is -0.136. The number of rotatable bonds is 5. The smallest absolute Gasteiger partial charge is 0.333 e. The van der Waals surface area contributed by atoms with Crippen LogP contribution in [0.25, 0.3) is 0 Å². The van der Waals surface area contributed by atoms with Crippen LogP contribution in [0.15, 0.2) is 16.8 Å². The average molecular weight is 255 g/mol. The van der Waals surface area contributed by atoms with E-state index in [-0.39, 0.29) is 5.97 Å². The molecule has 0 saturated carbocycles. The maximum atomic E-state index is 11.3. The number of esters is 1. The molecule has 0 spiro atoms. The molecule has 0 amide bonds. The Bertz CT molecular complexity index is 426. The van der Waals surface area contributed by atoms with Crippen molar-refractivity contribution in [1.29, 1.82) is 0 Å². The number of aryl methyl sites for hydroxylation is 1. The minimum Gasteiger partial charge on any atom is -0.466 e. The predicted octanol–water partition coefficient (Wildman–Crippen LogP) is 1.73. The largest absolute Gasteiger partial charge is 0.466 e. The Hall–Kier alpha value is -1.30. The zero-order chi connectivity index (χ0) is 12.8. The van der Waals surface area contributed by atoms with Crippen molar-refractivity contribution in [2.24, 2.45) is 7.05 Å². The molecule has 0 aliphatic carbocycles. The molecule has 0 aliphatic heterocycles. The predicted molar refractivity (Wildman–Crippen MR) is 66.9 cm³/mol. The molecule has 0 fully saturated rings. The molecule has 1 aromatic heterocycles. The van der Waals surface area contributed by atoms with Crippen LogP contribution in [0, 0.1) is 6.92 Å². The van der Waals surface area contributed by atoms with Gasteiger partial charge in [0.05, 0.1) is 7.11 Å². The van der Waals surface area contributed by atoms with E-state index in [0.29, 0.717) is 17.7 Å². The standard InChI is InChI=1S/C11H17N3O2S/c1-5-9(10(15)16-4)6-7-17-11-13-12-8(2)14(11)3/h6H,5,7H2,1-4H3. The number of carbonyl (C=O) groups excluding carboxylic acids is 1. The fourth-order valence-electron chi connectivity index (χ4n) is 1.23. The van der Waals surface area contributed by atoms with Crippen molar-refractivity contribution >= 4 is 17.7 Å². The van der Waals surface area contributed by atoms with Gasteiger partial charge in [-0.25, -0.2) is 4.79 Å². The first-order valence-electron chi connectivity index (χ1n) is 5.36. The summed E-state index contributed by atoms with van der Waals surface area (Å²) in [6.45, 7) is 3.83. The number of ether oxygens (including phenoxy) is 1. The van der Waals surface area contributed by atoms with Gasteiger partial charge in [0, 0.05) is 18.4 Å². The number of hydrogen-bond acceptors (Lipinski definition) is 5. The highest BCUT2D eigenvalue weighted by molar-refractivity contribution is 7.99. The van der Waals surface area contributed by atoms with Crippen molar-refractivity contribution in [2.45, 2.75) is 25.4 Å². The van der Waals surface area contributed by atoms with Crippen LogP contribution in [0.2, 0.25) is 0 Å². The van der Waals surface area contributed by atoms with Crippen molar-refractivity contribution < 1.29 is 9.53 Å². The fraction of sp³-hybridized carbons (Fsp3) is 0.545. The molecule has 1 aromatic rings. The molecule has 0 radical (unpaired) electrons. The van der Waals surface area contributed by atoms with E-state index in [1.54, 1.807) is 11.8 Å². The maximum Gasteiger partial charge on any atom is 0.333 e. The first-order valence-corrected chi connectivity index (χ1v) is 6.34. The first-order chi connectivity index (χ1) is 8.10. The minimum atomic E-state index is -0.262. The second-order valence-electron chi connectivity index (χ2n) is 3.47. The van der Waals surface area contributed by atoms with Crippen LogP contribution < -0.4 is 0 Å². The Labute approximate surface area is 105 Å². The van der Waals surface area contributed by atoms with Crippen LogP contribution in [0.3, 0.4) is 0 Å². The van der Waals surface area contributed by atoms with Gasteiger partial charge in [-0.1, -0.05) is 24.8 Å². The summed E-state index contributed by atoms with van der Waals surface area (Å²) in [6, 6.07) is 0. The van der Waals surface area contributed by atoms with Crippen LogP contribution in [-0.4, -0.2) is 33.6 Å². The highest BCUT2D eigenvalue weighted by atomic mass is 32.2.